The molecule has 0 atom stereocenters. The van der Waals surface area contributed by atoms with Crippen LogP contribution in [0.3, 0.4) is 0 Å². The van der Waals surface area contributed by atoms with Crippen molar-refractivity contribution in [1.29, 1.82) is 0 Å². The molecule has 0 aliphatic carbocycles. The predicted octanol–water partition coefficient (Wildman–Crippen LogP) is 0.465. The first-order valence-corrected chi connectivity index (χ1v) is 8.36. The van der Waals surface area contributed by atoms with Gasteiger partial charge < -0.3 is 9.13 Å². The van der Waals surface area contributed by atoms with Gasteiger partial charge in [-0.25, -0.2) is 22.6 Å². The SMILES string of the molecule is Cc1cc2n(CCNS(=O)(=O)c3cn(C)c(C)n3)ccn2n1. The Kier molecular flexibility index (Phi) is 3.53. The first-order chi connectivity index (χ1) is 10.4. The average Bonchev–Trinajstić information content (AvgIpc) is 3.07. The lowest BCUT2D eigenvalue weighted by molar-refractivity contribution is 0.571. The maximum atomic E-state index is 12.2. The lowest BCUT2D eigenvalue weighted by atomic mass is 10.5. The molecule has 0 aromatic carbocycles. The van der Waals surface area contributed by atoms with Gasteiger partial charge in [-0.3, -0.25) is 0 Å². The molecule has 118 valence electrons. The van der Waals surface area contributed by atoms with E-state index in [2.05, 4.69) is 14.8 Å². The van der Waals surface area contributed by atoms with Gasteiger partial charge in [0.2, 0.25) is 0 Å². The third-order valence-corrected chi connectivity index (χ3v) is 4.86. The molecule has 0 amide bonds. The molecule has 0 fully saturated rings. The monoisotopic (exact) mass is 322 g/mol. The number of hydrogen-bond acceptors (Lipinski definition) is 4. The summed E-state index contributed by atoms with van der Waals surface area (Å²) in [6.07, 6.45) is 5.23. The van der Waals surface area contributed by atoms with Crippen LogP contribution in [-0.4, -0.2) is 38.7 Å². The second kappa shape index (κ2) is 5.25. The molecule has 0 unspecified atom stereocenters. The van der Waals surface area contributed by atoms with Gasteiger partial charge >= 0.3 is 0 Å². The van der Waals surface area contributed by atoms with Crippen LogP contribution in [0, 0.1) is 13.8 Å². The van der Waals surface area contributed by atoms with Crippen LogP contribution in [0.4, 0.5) is 0 Å². The summed E-state index contributed by atoms with van der Waals surface area (Å²) >= 11 is 0. The fourth-order valence-electron chi connectivity index (χ4n) is 2.27. The average molecular weight is 322 g/mol. The number of aryl methyl sites for hydroxylation is 3. The van der Waals surface area contributed by atoms with E-state index in [0.717, 1.165) is 11.3 Å². The van der Waals surface area contributed by atoms with E-state index in [4.69, 9.17) is 0 Å². The van der Waals surface area contributed by atoms with Crippen molar-refractivity contribution in [3.8, 4) is 0 Å². The molecule has 0 radical (unpaired) electrons. The van der Waals surface area contributed by atoms with Gasteiger partial charge in [0.25, 0.3) is 10.0 Å². The Labute approximate surface area is 128 Å². The Hall–Kier alpha value is -2.13. The number of nitrogens with zero attached hydrogens (tertiary/aromatic N) is 5. The van der Waals surface area contributed by atoms with Gasteiger partial charge in [0.05, 0.1) is 5.69 Å². The molecule has 0 bridgehead atoms. The van der Waals surface area contributed by atoms with Gasteiger partial charge in [-0.2, -0.15) is 5.10 Å². The van der Waals surface area contributed by atoms with Crippen LogP contribution in [0.1, 0.15) is 11.5 Å². The first kappa shape index (κ1) is 14.8. The Morgan fingerprint density at radius 1 is 1.27 bits per heavy atom. The summed E-state index contributed by atoms with van der Waals surface area (Å²) in [5, 5.41) is 4.34. The number of imidazole rings is 2. The van der Waals surface area contributed by atoms with Crippen LogP contribution in [0.2, 0.25) is 0 Å². The number of aromatic nitrogens is 5. The zero-order chi connectivity index (χ0) is 15.9. The molecule has 1 N–H and O–H groups in total. The fourth-order valence-corrected chi connectivity index (χ4v) is 3.32. The summed E-state index contributed by atoms with van der Waals surface area (Å²) < 4.78 is 32.3. The number of rotatable bonds is 5. The quantitative estimate of drug-likeness (QED) is 0.739. The van der Waals surface area contributed by atoms with Crippen LogP contribution < -0.4 is 4.72 Å². The molecule has 9 heteroatoms. The summed E-state index contributed by atoms with van der Waals surface area (Å²) in [5.41, 5.74) is 1.86. The van der Waals surface area contributed by atoms with Crippen LogP contribution in [0.25, 0.3) is 5.65 Å². The molecule has 3 heterocycles. The van der Waals surface area contributed by atoms with Crippen molar-refractivity contribution < 1.29 is 8.42 Å². The van der Waals surface area contributed by atoms with Crippen molar-refractivity contribution in [3.05, 3.63) is 36.2 Å². The maximum Gasteiger partial charge on any atom is 0.259 e. The highest BCUT2D eigenvalue weighted by atomic mass is 32.2. The zero-order valence-corrected chi connectivity index (χ0v) is 13.5. The summed E-state index contributed by atoms with van der Waals surface area (Å²) in [6.45, 7) is 4.49. The minimum absolute atomic E-state index is 0.0466. The van der Waals surface area contributed by atoms with Gasteiger partial charge in [0.1, 0.15) is 11.5 Å². The largest absolute Gasteiger partial charge is 0.337 e. The second-order valence-corrected chi connectivity index (χ2v) is 6.93. The van der Waals surface area contributed by atoms with Crippen LogP contribution in [0.5, 0.6) is 0 Å². The molecule has 0 spiro atoms. The summed E-state index contributed by atoms with van der Waals surface area (Å²) in [6, 6.07) is 1.95. The van der Waals surface area contributed by atoms with Gasteiger partial charge in [-0.1, -0.05) is 0 Å². The Morgan fingerprint density at radius 2 is 2.05 bits per heavy atom. The fraction of sp³-hybridized carbons (Fsp3) is 0.385. The van der Waals surface area contributed by atoms with Gasteiger partial charge in [-0.05, 0) is 13.8 Å². The molecule has 3 aromatic rings. The predicted molar refractivity (Wildman–Crippen MR) is 81.1 cm³/mol. The Morgan fingerprint density at radius 3 is 2.73 bits per heavy atom. The van der Waals surface area contributed by atoms with E-state index in [-0.39, 0.29) is 11.6 Å². The molecule has 0 aliphatic heterocycles. The van der Waals surface area contributed by atoms with Gasteiger partial charge in [-0.15, -0.1) is 0 Å². The van der Waals surface area contributed by atoms with Crippen molar-refractivity contribution >= 4 is 15.7 Å². The summed E-state index contributed by atoms with van der Waals surface area (Å²) in [7, 11) is -1.82. The van der Waals surface area contributed by atoms with Crippen molar-refractivity contribution in [2.24, 2.45) is 7.05 Å². The van der Waals surface area contributed by atoms with Gasteiger partial charge in [0.15, 0.2) is 5.03 Å². The number of nitrogens with one attached hydrogen (secondary N) is 1. The van der Waals surface area contributed by atoms with E-state index in [1.807, 2.05) is 30.0 Å². The maximum absolute atomic E-state index is 12.2. The smallest absolute Gasteiger partial charge is 0.259 e. The lowest BCUT2D eigenvalue weighted by Gasteiger charge is -2.05. The molecule has 8 nitrogen and oxygen atoms in total. The Balaban J connectivity index is 1.69. The minimum atomic E-state index is -3.58. The summed E-state index contributed by atoms with van der Waals surface area (Å²) in [5.74, 6) is 0.655. The molecule has 3 rings (SSSR count). The molecule has 0 saturated heterocycles. The topological polar surface area (TPSA) is 86.2 Å². The van der Waals surface area contributed by atoms with Crippen molar-refractivity contribution in [1.82, 2.24) is 28.5 Å². The second-order valence-electron chi connectivity index (χ2n) is 5.22. The summed E-state index contributed by atoms with van der Waals surface area (Å²) in [4.78, 5) is 4.04. The lowest BCUT2D eigenvalue weighted by Crippen LogP contribution is -2.27. The molecular formula is C13H18N6O2S. The van der Waals surface area contributed by atoms with Crippen LogP contribution in [-0.2, 0) is 23.6 Å². The highest BCUT2D eigenvalue weighted by Gasteiger charge is 2.17. The van der Waals surface area contributed by atoms with Crippen molar-refractivity contribution in [3.63, 3.8) is 0 Å². The van der Waals surface area contributed by atoms with E-state index < -0.39 is 10.0 Å². The van der Waals surface area contributed by atoms with E-state index in [1.165, 1.54) is 6.20 Å². The van der Waals surface area contributed by atoms with Crippen molar-refractivity contribution in [2.45, 2.75) is 25.4 Å². The van der Waals surface area contributed by atoms with Gasteiger partial charge in [0, 0.05) is 44.8 Å². The minimum Gasteiger partial charge on any atom is -0.337 e. The first-order valence-electron chi connectivity index (χ1n) is 6.87. The zero-order valence-electron chi connectivity index (χ0n) is 12.7. The molecule has 3 aromatic heterocycles. The Bertz CT molecular complexity index is 898. The molecule has 0 aliphatic rings. The normalized spacial score (nSPS) is 12.3. The van der Waals surface area contributed by atoms with E-state index in [1.54, 1.807) is 23.1 Å². The number of fused-ring (bicyclic) bond motifs is 1. The number of hydrogen-bond donors (Lipinski definition) is 1. The van der Waals surface area contributed by atoms with E-state index in [0.29, 0.717) is 12.4 Å². The van der Waals surface area contributed by atoms with Crippen LogP contribution in [0.15, 0.2) is 29.7 Å². The third-order valence-electron chi connectivity index (χ3n) is 3.53. The highest BCUT2D eigenvalue weighted by Crippen LogP contribution is 2.09. The van der Waals surface area contributed by atoms with E-state index >= 15 is 0 Å². The van der Waals surface area contributed by atoms with E-state index in [9.17, 15) is 8.42 Å². The van der Waals surface area contributed by atoms with Crippen LogP contribution >= 0.6 is 0 Å². The molecule has 0 saturated carbocycles. The van der Waals surface area contributed by atoms with Crippen molar-refractivity contribution in [2.75, 3.05) is 6.54 Å². The number of sulfonamides is 1. The standard InChI is InChI=1S/C13H18N6O2S/c1-10-8-13-18(6-7-19(13)16-10)5-4-14-22(20,21)12-9-17(3)11(2)15-12/h6-9,14H,4-5H2,1-3H3. The molecular weight excluding hydrogens is 304 g/mol. The highest BCUT2D eigenvalue weighted by molar-refractivity contribution is 7.89. The molecule has 22 heavy (non-hydrogen) atoms. The third kappa shape index (κ3) is 2.64.